The molecule has 2 fully saturated rings. The molecule has 2 atom stereocenters. The number of nitrogens with zero attached hydrogens (tertiary/aromatic N) is 2. The monoisotopic (exact) mass is 270 g/mol. The quantitative estimate of drug-likeness (QED) is 0.708. The lowest BCUT2D eigenvalue weighted by Crippen LogP contribution is -2.62. The van der Waals surface area contributed by atoms with Crippen molar-refractivity contribution < 1.29 is 9.59 Å². The van der Waals surface area contributed by atoms with Crippen molar-refractivity contribution in [3.63, 3.8) is 0 Å². The lowest BCUT2D eigenvalue weighted by molar-refractivity contribution is -0.159. The van der Waals surface area contributed by atoms with Crippen LogP contribution in [-0.4, -0.2) is 58.8 Å². The summed E-state index contributed by atoms with van der Waals surface area (Å²) in [6.07, 6.45) is 5.59. The van der Waals surface area contributed by atoms with Crippen LogP contribution in [0.25, 0.3) is 0 Å². The van der Waals surface area contributed by atoms with Crippen LogP contribution in [0.1, 0.15) is 32.6 Å². The third-order valence-electron chi connectivity index (χ3n) is 3.90. The first kappa shape index (κ1) is 13.7. The van der Waals surface area contributed by atoms with E-state index in [1.165, 1.54) is 0 Å². The Balaban J connectivity index is 2.10. The van der Waals surface area contributed by atoms with E-state index >= 15 is 0 Å². The zero-order valence-electron chi connectivity index (χ0n) is 11.2. The van der Waals surface area contributed by atoms with E-state index in [1.807, 2.05) is 16.7 Å². The van der Waals surface area contributed by atoms with E-state index in [0.717, 1.165) is 44.5 Å². The standard InChI is InChI=1S/C13H22N2O2S/c1-3-10-12(16)15-7-4-6-11(15)13(17)14(10)8-5-9-18-2/h10-11H,3-9H2,1-2H3. The van der Waals surface area contributed by atoms with Crippen LogP contribution in [0, 0.1) is 0 Å². The van der Waals surface area contributed by atoms with Crippen molar-refractivity contribution in [2.45, 2.75) is 44.7 Å². The Morgan fingerprint density at radius 3 is 2.78 bits per heavy atom. The molecule has 0 radical (unpaired) electrons. The van der Waals surface area contributed by atoms with Gasteiger partial charge in [0, 0.05) is 13.1 Å². The van der Waals surface area contributed by atoms with Crippen LogP contribution in [0.5, 0.6) is 0 Å². The zero-order chi connectivity index (χ0) is 13.1. The van der Waals surface area contributed by atoms with E-state index in [4.69, 9.17) is 0 Å². The number of thioether (sulfide) groups is 1. The first-order valence-corrected chi connectivity index (χ1v) is 8.20. The first-order chi connectivity index (χ1) is 8.70. The predicted molar refractivity (Wildman–Crippen MR) is 73.5 cm³/mol. The fourth-order valence-corrected chi connectivity index (χ4v) is 3.42. The molecule has 0 bridgehead atoms. The van der Waals surface area contributed by atoms with Crippen molar-refractivity contribution in [3.8, 4) is 0 Å². The first-order valence-electron chi connectivity index (χ1n) is 6.80. The van der Waals surface area contributed by atoms with Crippen LogP contribution in [-0.2, 0) is 9.59 Å². The smallest absolute Gasteiger partial charge is 0.246 e. The van der Waals surface area contributed by atoms with E-state index in [-0.39, 0.29) is 23.9 Å². The van der Waals surface area contributed by atoms with Crippen LogP contribution in [0.2, 0.25) is 0 Å². The maximum atomic E-state index is 12.4. The molecule has 4 nitrogen and oxygen atoms in total. The highest BCUT2D eigenvalue weighted by atomic mass is 32.2. The molecule has 0 aromatic rings. The SMILES string of the molecule is CCC1C(=O)N2CCCC2C(=O)N1CCCSC. The van der Waals surface area contributed by atoms with Crippen molar-refractivity contribution in [1.29, 1.82) is 0 Å². The number of rotatable bonds is 5. The van der Waals surface area contributed by atoms with Crippen molar-refractivity contribution in [3.05, 3.63) is 0 Å². The van der Waals surface area contributed by atoms with Gasteiger partial charge in [0.05, 0.1) is 0 Å². The van der Waals surface area contributed by atoms with Gasteiger partial charge in [-0.2, -0.15) is 11.8 Å². The lowest BCUT2D eigenvalue weighted by atomic mass is 10.0. The topological polar surface area (TPSA) is 40.6 Å². The highest BCUT2D eigenvalue weighted by molar-refractivity contribution is 7.98. The molecule has 2 aliphatic heterocycles. The fourth-order valence-electron chi connectivity index (χ4n) is 3.00. The largest absolute Gasteiger partial charge is 0.329 e. The van der Waals surface area contributed by atoms with Crippen LogP contribution in [0.3, 0.4) is 0 Å². The average molecular weight is 270 g/mol. The minimum absolute atomic E-state index is 0.158. The van der Waals surface area contributed by atoms with Crippen molar-refractivity contribution in [1.82, 2.24) is 9.80 Å². The van der Waals surface area contributed by atoms with Gasteiger partial charge in [0.15, 0.2) is 0 Å². The summed E-state index contributed by atoms with van der Waals surface area (Å²) in [6.45, 7) is 3.49. The van der Waals surface area contributed by atoms with Gasteiger partial charge in [-0.15, -0.1) is 0 Å². The molecule has 2 amide bonds. The van der Waals surface area contributed by atoms with Gasteiger partial charge in [0.1, 0.15) is 12.1 Å². The third-order valence-corrected chi connectivity index (χ3v) is 4.60. The Hall–Kier alpha value is -0.710. The van der Waals surface area contributed by atoms with E-state index in [9.17, 15) is 9.59 Å². The molecule has 2 heterocycles. The second-order valence-corrected chi connectivity index (χ2v) is 5.98. The highest BCUT2D eigenvalue weighted by Crippen LogP contribution is 2.28. The second-order valence-electron chi connectivity index (χ2n) is 4.99. The van der Waals surface area contributed by atoms with Crippen molar-refractivity contribution in [2.75, 3.05) is 25.1 Å². The molecular weight excluding hydrogens is 248 g/mol. The van der Waals surface area contributed by atoms with Gasteiger partial charge in [-0.25, -0.2) is 0 Å². The normalized spacial score (nSPS) is 27.9. The van der Waals surface area contributed by atoms with Gasteiger partial charge in [-0.05, 0) is 37.7 Å². The van der Waals surface area contributed by atoms with Crippen LogP contribution in [0.15, 0.2) is 0 Å². The van der Waals surface area contributed by atoms with Crippen LogP contribution in [0.4, 0.5) is 0 Å². The van der Waals surface area contributed by atoms with Gasteiger partial charge < -0.3 is 9.80 Å². The summed E-state index contributed by atoms with van der Waals surface area (Å²) >= 11 is 1.79. The maximum Gasteiger partial charge on any atom is 0.246 e. The Bertz CT molecular complexity index is 335. The number of fused-ring (bicyclic) bond motifs is 1. The summed E-state index contributed by atoms with van der Waals surface area (Å²) in [6, 6.07) is -0.372. The molecule has 18 heavy (non-hydrogen) atoms. The van der Waals surface area contributed by atoms with Gasteiger partial charge in [-0.1, -0.05) is 6.92 Å². The molecule has 2 saturated heterocycles. The average Bonchev–Trinajstić information content (AvgIpc) is 2.85. The number of carbonyl (C=O) groups is 2. The van der Waals surface area contributed by atoms with Gasteiger partial charge in [0.25, 0.3) is 0 Å². The highest BCUT2D eigenvalue weighted by Gasteiger charge is 2.46. The molecule has 2 aliphatic rings. The lowest BCUT2D eigenvalue weighted by Gasteiger charge is -2.42. The Kier molecular flexibility index (Phi) is 4.54. The predicted octanol–water partition coefficient (Wildman–Crippen LogP) is 1.35. The maximum absolute atomic E-state index is 12.4. The molecule has 0 aromatic carbocycles. The molecular formula is C13H22N2O2S. The Morgan fingerprint density at radius 1 is 1.33 bits per heavy atom. The molecule has 0 N–H and O–H groups in total. The van der Waals surface area contributed by atoms with Crippen molar-refractivity contribution >= 4 is 23.6 Å². The zero-order valence-corrected chi connectivity index (χ0v) is 12.0. The van der Waals surface area contributed by atoms with E-state index in [2.05, 4.69) is 6.26 Å². The fraction of sp³-hybridized carbons (Fsp3) is 0.846. The minimum Gasteiger partial charge on any atom is -0.329 e. The summed E-state index contributed by atoms with van der Waals surface area (Å²) in [5.74, 6) is 1.40. The van der Waals surface area contributed by atoms with Crippen LogP contribution < -0.4 is 0 Å². The van der Waals surface area contributed by atoms with Crippen molar-refractivity contribution in [2.24, 2.45) is 0 Å². The number of hydrogen-bond acceptors (Lipinski definition) is 3. The molecule has 2 unspecified atom stereocenters. The summed E-state index contributed by atoms with van der Waals surface area (Å²) in [5.41, 5.74) is 0. The summed E-state index contributed by atoms with van der Waals surface area (Å²) < 4.78 is 0. The number of piperazine rings is 1. The summed E-state index contributed by atoms with van der Waals surface area (Å²) in [7, 11) is 0. The molecule has 0 aromatic heterocycles. The number of carbonyl (C=O) groups excluding carboxylic acids is 2. The van der Waals surface area contributed by atoms with E-state index in [0.29, 0.717) is 0 Å². The van der Waals surface area contributed by atoms with Gasteiger partial charge in [-0.3, -0.25) is 9.59 Å². The Morgan fingerprint density at radius 2 is 2.11 bits per heavy atom. The van der Waals surface area contributed by atoms with E-state index < -0.39 is 0 Å². The molecule has 0 spiro atoms. The van der Waals surface area contributed by atoms with Gasteiger partial charge >= 0.3 is 0 Å². The molecule has 5 heteroatoms. The van der Waals surface area contributed by atoms with Crippen LogP contribution >= 0.6 is 11.8 Å². The molecule has 0 saturated carbocycles. The molecule has 102 valence electrons. The summed E-state index contributed by atoms with van der Waals surface area (Å²) in [4.78, 5) is 28.4. The third kappa shape index (κ3) is 2.37. The second kappa shape index (κ2) is 5.95. The van der Waals surface area contributed by atoms with E-state index in [1.54, 1.807) is 11.8 Å². The summed E-state index contributed by atoms with van der Waals surface area (Å²) in [5, 5.41) is 0. The number of amides is 2. The molecule has 2 rings (SSSR count). The number of hydrogen-bond donors (Lipinski definition) is 0. The minimum atomic E-state index is -0.214. The Labute approximate surface area is 113 Å². The van der Waals surface area contributed by atoms with Gasteiger partial charge in [0.2, 0.25) is 11.8 Å². The molecule has 0 aliphatic carbocycles.